The minimum atomic E-state index is 0.0324. The summed E-state index contributed by atoms with van der Waals surface area (Å²) in [6.07, 6.45) is 14.0. The van der Waals surface area contributed by atoms with Gasteiger partial charge < -0.3 is 0 Å². The Morgan fingerprint density at radius 3 is 2.96 bits per heavy atom. The molecule has 5 heteroatoms. The Balaban J connectivity index is 1.51. The topological polar surface area (TPSA) is 44.7 Å². The van der Waals surface area contributed by atoms with Crippen molar-refractivity contribution in [2.24, 2.45) is 16.8 Å². The van der Waals surface area contributed by atoms with Crippen LogP contribution in [0.3, 0.4) is 0 Å². The molecule has 5 atom stereocenters. The highest BCUT2D eigenvalue weighted by Gasteiger charge is 2.54. The maximum Gasteiger partial charge on any atom is 0.238 e. The number of hydrazine groups is 1. The fourth-order valence-corrected chi connectivity index (χ4v) is 6.61. The monoisotopic (exact) mass is 345 g/mol. The Bertz CT molecular complexity index is 604. The number of piperidine rings is 1. The van der Waals surface area contributed by atoms with Gasteiger partial charge in [-0.2, -0.15) is 0 Å². The van der Waals surface area contributed by atoms with Crippen molar-refractivity contribution in [3.63, 3.8) is 0 Å². The molecule has 0 aromatic rings. The predicted octanol–water partition coefficient (Wildman–Crippen LogP) is 3.32. The summed E-state index contributed by atoms with van der Waals surface area (Å²) in [5.41, 5.74) is 4.45. The van der Waals surface area contributed by atoms with E-state index >= 15 is 0 Å². The van der Waals surface area contributed by atoms with Crippen LogP contribution in [0.1, 0.15) is 46.0 Å². The fraction of sp³-hybridized carbons (Fsp3) is 0.684. The molecule has 0 saturated carbocycles. The molecule has 0 aromatic heterocycles. The molecule has 4 rings (SSSR count). The average molecular weight is 346 g/mol. The third-order valence-corrected chi connectivity index (χ3v) is 7.93. The lowest BCUT2D eigenvalue weighted by molar-refractivity contribution is -0.134. The maximum atomic E-state index is 13.1. The first-order valence-corrected chi connectivity index (χ1v) is 10.2. The van der Waals surface area contributed by atoms with E-state index in [2.05, 4.69) is 47.5 Å². The van der Waals surface area contributed by atoms with Gasteiger partial charge in [-0.3, -0.25) is 15.2 Å². The van der Waals surface area contributed by atoms with Gasteiger partial charge >= 0.3 is 0 Å². The zero-order chi connectivity index (χ0) is 16.7. The number of thioether (sulfide) groups is 1. The van der Waals surface area contributed by atoms with Gasteiger partial charge in [-0.25, -0.2) is 5.01 Å². The summed E-state index contributed by atoms with van der Waals surface area (Å²) in [5.74, 6) is 1.57. The SMILES string of the molecule is CC1CCCC(C)N1NC(=O)C1CSC23CC=CC=C2N=CCC13. The minimum Gasteiger partial charge on any atom is -0.288 e. The zero-order valence-corrected chi connectivity index (χ0v) is 15.4. The third kappa shape index (κ3) is 2.57. The molecule has 0 radical (unpaired) electrons. The summed E-state index contributed by atoms with van der Waals surface area (Å²) in [6, 6.07) is 0.864. The lowest BCUT2D eigenvalue weighted by Crippen LogP contribution is -2.56. The molecule has 0 aromatic carbocycles. The normalized spacial score (nSPS) is 41.5. The van der Waals surface area contributed by atoms with Crippen LogP contribution in [0.2, 0.25) is 0 Å². The van der Waals surface area contributed by atoms with Crippen LogP contribution in [0.15, 0.2) is 28.9 Å². The van der Waals surface area contributed by atoms with E-state index in [0.29, 0.717) is 18.0 Å². The molecule has 1 spiro atoms. The first-order valence-electron chi connectivity index (χ1n) is 9.24. The first kappa shape index (κ1) is 16.4. The molecule has 24 heavy (non-hydrogen) atoms. The van der Waals surface area contributed by atoms with Gasteiger partial charge in [0.15, 0.2) is 0 Å². The first-order chi connectivity index (χ1) is 11.6. The summed E-state index contributed by atoms with van der Waals surface area (Å²) < 4.78 is 0.0324. The second-order valence-corrected chi connectivity index (χ2v) is 9.01. The predicted molar refractivity (Wildman–Crippen MR) is 99.9 cm³/mol. The number of allylic oxidation sites excluding steroid dienone is 3. The van der Waals surface area contributed by atoms with Crippen LogP contribution < -0.4 is 5.43 Å². The Labute approximate surface area is 148 Å². The maximum absolute atomic E-state index is 13.1. The van der Waals surface area contributed by atoms with Gasteiger partial charge in [-0.1, -0.05) is 18.6 Å². The van der Waals surface area contributed by atoms with Crippen molar-refractivity contribution in [1.82, 2.24) is 10.4 Å². The van der Waals surface area contributed by atoms with Crippen LogP contribution in [-0.4, -0.2) is 39.7 Å². The van der Waals surface area contributed by atoms with E-state index in [9.17, 15) is 4.79 Å². The highest BCUT2D eigenvalue weighted by Crippen LogP contribution is 2.57. The summed E-state index contributed by atoms with van der Waals surface area (Å²) in [6.45, 7) is 4.45. The number of aliphatic imine (C=N–C) groups is 1. The second kappa shape index (κ2) is 6.34. The zero-order valence-electron chi connectivity index (χ0n) is 14.6. The summed E-state index contributed by atoms with van der Waals surface area (Å²) >= 11 is 1.95. The van der Waals surface area contributed by atoms with Crippen molar-refractivity contribution in [3.05, 3.63) is 23.9 Å². The smallest absolute Gasteiger partial charge is 0.238 e. The van der Waals surface area contributed by atoms with Crippen molar-refractivity contribution in [2.45, 2.75) is 62.8 Å². The number of carbonyl (C=O) groups excluding carboxylic acids is 1. The van der Waals surface area contributed by atoms with E-state index in [0.717, 1.165) is 18.6 Å². The largest absolute Gasteiger partial charge is 0.288 e. The molecule has 2 fully saturated rings. The van der Waals surface area contributed by atoms with E-state index in [-0.39, 0.29) is 16.6 Å². The lowest BCUT2D eigenvalue weighted by Gasteiger charge is -2.41. The van der Waals surface area contributed by atoms with Gasteiger partial charge in [0.05, 0.1) is 16.4 Å². The van der Waals surface area contributed by atoms with E-state index in [4.69, 9.17) is 0 Å². The molecule has 3 aliphatic heterocycles. The number of nitrogens with zero attached hydrogens (tertiary/aromatic N) is 2. The van der Waals surface area contributed by atoms with E-state index in [1.54, 1.807) is 0 Å². The van der Waals surface area contributed by atoms with Crippen molar-refractivity contribution >= 4 is 23.9 Å². The number of carbonyl (C=O) groups is 1. The van der Waals surface area contributed by atoms with Crippen LogP contribution in [0.5, 0.6) is 0 Å². The van der Waals surface area contributed by atoms with Crippen molar-refractivity contribution in [1.29, 1.82) is 0 Å². The number of rotatable bonds is 2. The molecule has 1 N–H and O–H groups in total. The van der Waals surface area contributed by atoms with Crippen LogP contribution in [0.4, 0.5) is 0 Å². The Kier molecular flexibility index (Phi) is 4.33. The molecule has 5 unspecified atom stereocenters. The summed E-state index contributed by atoms with van der Waals surface area (Å²) in [7, 11) is 0. The molecule has 1 aliphatic carbocycles. The molecule has 1 amide bonds. The van der Waals surface area contributed by atoms with E-state index in [1.807, 2.05) is 18.0 Å². The molecule has 4 aliphatic rings. The molecule has 0 bridgehead atoms. The molecule has 2 saturated heterocycles. The fourth-order valence-electron chi connectivity index (χ4n) is 4.79. The Hall–Kier alpha value is -1.07. The number of amides is 1. The quantitative estimate of drug-likeness (QED) is 0.835. The van der Waals surface area contributed by atoms with E-state index < -0.39 is 0 Å². The van der Waals surface area contributed by atoms with Crippen LogP contribution in [0.25, 0.3) is 0 Å². The number of hydrogen-bond donors (Lipinski definition) is 1. The molecular formula is C19H27N3OS. The van der Waals surface area contributed by atoms with Crippen molar-refractivity contribution < 1.29 is 4.79 Å². The van der Waals surface area contributed by atoms with Gasteiger partial charge in [0, 0.05) is 24.1 Å². The Morgan fingerprint density at radius 1 is 1.38 bits per heavy atom. The summed E-state index contributed by atoms with van der Waals surface area (Å²) in [4.78, 5) is 17.7. The third-order valence-electron chi connectivity index (χ3n) is 6.21. The minimum absolute atomic E-state index is 0.0324. The molecular weight excluding hydrogens is 318 g/mol. The summed E-state index contributed by atoms with van der Waals surface area (Å²) in [5, 5.41) is 2.20. The van der Waals surface area contributed by atoms with Crippen molar-refractivity contribution in [3.8, 4) is 0 Å². The molecule has 4 nitrogen and oxygen atoms in total. The van der Waals surface area contributed by atoms with Crippen LogP contribution in [-0.2, 0) is 4.79 Å². The van der Waals surface area contributed by atoms with E-state index in [1.165, 1.54) is 25.0 Å². The standard InChI is InChI=1S/C19H27N3OS/c1-13-6-5-7-14(2)22(13)21-18(23)15-12-24-19-10-4-3-8-17(19)20-11-9-16(15)19/h3-4,8,11,13-16H,5-7,9-10,12H2,1-2H3,(H,21,23). The van der Waals surface area contributed by atoms with Gasteiger partial charge in [-0.15, -0.1) is 11.8 Å². The highest BCUT2D eigenvalue weighted by atomic mass is 32.2. The van der Waals surface area contributed by atoms with Crippen molar-refractivity contribution in [2.75, 3.05) is 5.75 Å². The van der Waals surface area contributed by atoms with Gasteiger partial charge in [0.2, 0.25) is 5.91 Å². The number of hydrogen-bond acceptors (Lipinski definition) is 4. The van der Waals surface area contributed by atoms with Crippen LogP contribution in [0, 0.1) is 11.8 Å². The Morgan fingerprint density at radius 2 is 2.17 bits per heavy atom. The molecule has 130 valence electrons. The molecule has 3 heterocycles. The average Bonchev–Trinajstić information content (AvgIpc) is 2.96. The van der Waals surface area contributed by atoms with Crippen LogP contribution >= 0.6 is 11.8 Å². The van der Waals surface area contributed by atoms with Gasteiger partial charge in [0.1, 0.15) is 0 Å². The highest BCUT2D eigenvalue weighted by molar-refractivity contribution is 8.01. The van der Waals surface area contributed by atoms with Gasteiger partial charge in [-0.05, 0) is 51.5 Å². The number of nitrogens with one attached hydrogen (secondary N) is 1. The lowest BCUT2D eigenvalue weighted by atomic mass is 9.74. The van der Waals surface area contributed by atoms with Gasteiger partial charge in [0.25, 0.3) is 0 Å². The second-order valence-electron chi connectivity index (χ2n) is 7.66.